The van der Waals surface area contributed by atoms with Gasteiger partial charge < -0.3 is 10.1 Å². The molecule has 146 valence electrons. The molecule has 0 saturated carbocycles. The van der Waals surface area contributed by atoms with Crippen LogP contribution in [0, 0.1) is 0 Å². The number of carbonyl (C=O) groups is 2. The first kappa shape index (κ1) is 20.5. The predicted molar refractivity (Wildman–Crippen MR) is 95.8 cm³/mol. The van der Waals surface area contributed by atoms with E-state index in [9.17, 15) is 18.4 Å². The van der Waals surface area contributed by atoms with Crippen molar-refractivity contribution in [1.29, 1.82) is 0 Å². The predicted octanol–water partition coefficient (Wildman–Crippen LogP) is 3.36. The minimum atomic E-state index is -2.72. The molecule has 0 radical (unpaired) electrons. The number of hydrogen-bond donors (Lipinski definition) is 2. The largest absolute Gasteiger partial charge is 0.455 e. The zero-order chi connectivity index (χ0) is 20.0. The zero-order valence-electron chi connectivity index (χ0n) is 15.5. The van der Waals surface area contributed by atoms with Gasteiger partial charge in [-0.15, -0.1) is 0 Å². The number of ether oxygens (including phenoxy) is 1. The summed E-state index contributed by atoms with van der Waals surface area (Å²) >= 11 is 0. The number of alkyl halides is 2. The molecule has 2 rings (SSSR count). The fraction of sp³-hybridized carbons (Fsp3) is 0.421. The summed E-state index contributed by atoms with van der Waals surface area (Å²) in [5, 5.41) is 8.39. The molecule has 8 heteroatoms. The number of amides is 1. The number of aromatic amines is 1. The summed E-state index contributed by atoms with van der Waals surface area (Å²) in [5.41, 5.74) is 0.0292. The van der Waals surface area contributed by atoms with Crippen molar-refractivity contribution in [2.45, 2.75) is 51.7 Å². The summed E-state index contributed by atoms with van der Waals surface area (Å²) in [6, 6.07) is 9.04. The number of benzene rings is 1. The maximum atomic E-state index is 13.3. The van der Waals surface area contributed by atoms with Gasteiger partial charge in [-0.2, -0.15) is 5.10 Å². The van der Waals surface area contributed by atoms with Gasteiger partial charge in [-0.05, 0) is 39.2 Å². The second-order valence-corrected chi connectivity index (χ2v) is 7.11. The number of nitrogens with one attached hydrogen (secondary N) is 2. The average Bonchev–Trinajstić information content (AvgIpc) is 3.08. The molecule has 1 aromatic heterocycles. The monoisotopic (exact) mass is 379 g/mol. The molecule has 2 N–H and O–H groups in total. The van der Waals surface area contributed by atoms with Gasteiger partial charge in [-0.25, -0.2) is 13.6 Å². The molecule has 0 aliphatic rings. The highest BCUT2D eigenvalue weighted by atomic mass is 19.3. The van der Waals surface area contributed by atoms with Gasteiger partial charge in [0.25, 0.3) is 12.3 Å². The molecular formula is C19H23F2N3O3. The van der Waals surface area contributed by atoms with Crippen LogP contribution >= 0.6 is 0 Å². The van der Waals surface area contributed by atoms with Gasteiger partial charge in [0, 0.05) is 6.07 Å². The third-order valence-corrected chi connectivity index (χ3v) is 3.64. The van der Waals surface area contributed by atoms with Gasteiger partial charge >= 0.3 is 5.97 Å². The molecule has 1 amide bonds. The molecule has 0 spiro atoms. The molecule has 0 aliphatic heterocycles. The van der Waals surface area contributed by atoms with Crippen LogP contribution in [0.25, 0.3) is 0 Å². The van der Waals surface area contributed by atoms with E-state index in [1.807, 2.05) is 30.3 Å². The van der Waals surface area contributed by atoms with Crippen LogP contribution in [0.2, 0.25) is 0 Å². The molecule has 0 unspecified atom stereocenters. The Labute approximate surface area is 156 Å². The minimum Gasteiger partial charge on any atom is -0.455 e. The molecule has 27 heavy (non-hydrogen) atoms. The highest BCUT2D eigenvalue weighted by Gasteiger charge is 2.25. The Bertz CT molecular complexity index is 770. The molecule has 0 aliphatic carbocycles. The first-order chi connectivity index (χ1) is 12.7. The third-order valence-electron chi connectivity index (χ3n) is 3.64. The molecular weight excluding hydrogens is 356 g/mol. The first-order valence-corrected chi connectivity index (χ1v) is 8.57. The second kappa shape index (κ2) is 8.75. The molecule has 0 bridgehead atoms. The second-order valence-electron chi connectivity index (χ2n) is 7.11. The van der Waals surface area contributed by atoms with E-state index >= 15 is 0 Å². The standard InChI is InChI=1S/C19H23F2N3O3/c1-19(2,3)27-18(26)15-11-14(23-24-15)17(25)22-13(16(20)21)10-9-12-7-5-4-6-8-12/h4-8,11,13,16H,9-10H2,1-3H3,(H,22,25)(H,23,24)/t13-/m0/s1. The van der Waals surface area contributed by atoms with E-state index in [2.05, 4.69) is 15.5 Å². The fourth-order valence-corrected chi connectivity index (χ4v) is 2.35. The van der Waals surface area contributed by atoms with Gasteiger partial charge in [0.05, 0.1) is 6.04 Å². The van der Waals surface area contributed by atoms with Crippen LogP contribution < -0.4 is 5.32 Å². The summed E-state index contributed by atoms with van der Waals surface area (Å²) in [4.78, 5) is 24.2. The van der Waals surface area contributed by atoms with Crippen LogP contribution in [-0.2, 0) is 11.2 Å². The van der Waals surface area contributed by atoms with E-state index in [0.29, 0.717) is 6.42 Å². The van der Waals surface area contributed by atoms with Crippen LogP contribution in [0.1, 0.15) is 53.7 Å². The molecule has 1 heterocycles. The van der Waals surface area contributed by atoms with Crippen molar-refractivity contribution >= 4 is 11.9 Å². The number of aryl methyl sites for hydroxylation is 1. The SMILES string of the molecule is CC(C)(C)OC(=O)c1cc(C(=O)N[C@@H](CCc2ccccc2)C(F)F)n[nH]1. The van der Waals surface area contributed by atoms with Crippen molar-refractivity contribution in [3.63, 3.8) is 0 Å². The van der Waals surface area contributed by atoms with Crippen LogP contribution in [0.15, 0.2) is 36.4 Å². The van der Waals surface area contributed by atoms with Crippen LogP contribution in [0.5, 0.6) is 0 Å². The zero-order valence-corrected chi connectivity index (χ0v) is 15.5. The summed E-state index contributed by atoms with van der Waals surface area (Å²) < 4.78 is 31.7. The van der Waals surface area contributed by atoms with Crippen molar-refractivity contribution < 1.29 is 23.1 Å². The smallest absolute Gasteiger partial charge is 0.356 e. The number of H-pyrrole nitrogens is 1. The van der Waals surface area contributed by atoms with E-state index in [1.165, 1.54) is 6.07 Å². The Balaban J connectivity index is 1.98. The quantitative estimate of drug-likeness (QED) is 0.723. The summed E-state index contributed by atoms with van der Waals surface area (Å²) in [6.45, 7) is 5.11. The lowest BCUT2D eigenvalue weighted by Gasteiger charge is -2.18. The topological polar surface area (TPSA) is 84.1 Å². The van der Waals surface area contributed by atoms with E-state index in [0.717, 1.165) is 5.56 Å². The average molecular weight is 379 g/mol. The minimum absolute atomic E-state index is 0.0204. The lowest BCUT2D eigenvalue weighted by atomic mass is 10.1. The Morgan fingerprint density at radius 3 is 2.48 bits per heavy atom. The lowest BCUT2D eigenvalue weighted by Crippen LogP contribution is -2.40. The summed E-state index contributed by atoms with van der Waals surface area (Å²) in [7, 11) is 0. The highest BCUT2D eigenvalue weighted by Crippen LogP contribution is 2.13. The van der Waals surface area contributed by atoms with E-state index in [-0.39, 0.29) is 17.8 Å². The van der Waals surface area contributed by atoms with Crippen molar-refractivity contribution in [3.05, 3.63) is 53.3 Å². The maximum absolute atomic E-state index is 13.3. The Hall–Kier alpha value is -2.77. The normalized spacial score (nSPS) is 12.7. The highest BCUT2D eigenvalue weighted by molar-refractivity contribution is 5.96. The number of halogens is 2. The van der Waals surface area contributed by atoms with E-state index in [1.54, 1.807) is 20.8 Å². The number of aromatic nitrogens is 2. The van der Waals surface area contributed by atoms with Crippen LogP contribution in [0.4, 0.5) is 8.78 Å². The van der Waals surface area contributed by atoms with Gasteiger partial charge in [-0.3, -0.25) is 9.89 Å². The van der Waals surface area contributed by atoms with Crippen molar-refractivity contribution in [1.82, 2.24) is 15.5 Å². The third kappa shape index (κ3) is 6.47. The van der Waals surface area contributed by atoms with Crippen LogP contribution in [0.3, 0.4) is 0 Å². The maximum Gasteiger partial charge on any atom is 0.356 e. The van der Waals surface area contributed by atoms with Crippen molar-refractivity contribution in [2.75, 3.05) is 0 Å². The van der Waals surface area contributed by atoms with Gasteiger partial charge in [0.1, 0.15) is 11.3 Å². The molecule has 0 saturated heterocycles. The number of hydrogen-bond acceptors (Lipinski definition) is 4. The molecule has 1 atom stereocenters. The number of rotatable bonds is 7. The lowest BCUT2D eigenvalue weighted by molar-refractivity contribution is 0.00627. The Kier molecular flexibility index (Phi) is 6.65. The number of carbonyl (C=O) groups excluding carboxylic acids is 2. The van der Waals surface area contributed by atoms with Gasteiger partial charge in [-0.1, -0.05) is 30.3 Å². The molecule has 1 aromatic carbocycles. The first-order valence-electron chi connectivity index (χ1n) is 8.57. The Morgan fingerprint density at radius 1 is 1.22 bits per heavy atom. The molecule has 0 fully saturated rings. The summed E-state index contributed by atoms with van der Waals surface area (Å²) in [6.07, 6.45) is -2.24. The molecule has 2 aromatic rings. The fourth-order valence-electron chi connectivity index (χ4n) is 2.35. The van der Waals surface area contributed by atoms with Crippen LogP contribution in [-0.4, -0.2) is 40.1 Å². The van der Waals surface area contributed by atoms with Crippen molar-refractivity contribution in [2.24, 2.45) is 0 Å². The summed E-state index contributed by atoms with van der Waals surface area (Å²) in [5.74, 6) is -1.46. The van der Waals surface area contributed by atoms with Crippen molar-refractivity contribution in [3.8, 4) is 0 Å². The Morgan fingerprint density at radius 2 is 1.89 bits per heavy atom. The number of nitrogens with zero attached hydrogens (tertiary/aromatic N) is 1. The molecule has 6 nitrogen and oxygen atoms in total. The van der Waals surface area contributed by atoms with Gasteiger partial charge in [0.15, 0.2) is 5.69 Å². The van der Waals surface area contributed by atoms with E-state index in [4.69, 9.17) is 4.74 Å². The number of esters is 1. The van der Waals surface area contributed by atoms with E-state index < -0.39 is 29.9 Å². The van der Waals surface area contributed by atoms with Gasteiger partial charge in [0.2, 0.25) is 0 Å².